The summed E-state index contributed by atoms with van der Waals surface area (Å²) in [5.41, 5.74) is 14.4. The number of aromatic nitrogens is 2. The van der Waals surface area contributed by atoms with Crippen LogP contribution in [-0.4, -0.2) is 49.2 Å². The zero-order valence-corrected chi connectivity index (χ0v) is 18.6. The van der Waals surface area contributed by atoms with Gasteiger partial charge in [0, 0.05) is 25.2 Å². The maximum absolute atomic E-state index is 13.1. The molecule has 172 valence electrons. The summed E-state index contributed by atoms with van der Waals surface area (Å²) in [6.07, 6.45) is 3.06. The van der Waals surface area contributed by atoms with E-state index >= 15 is 0 Å². The van der Waals surface area contributed by atoms with Crippen molar-refractivity contribution in [1.82, 2.24) is 9.97 Å². The van der Waals surface area contributed by atoms with Crippen LogP contribution in [0.15, 0.2) is 48.7 Å². The Hall–Kier alpha value is -3.85. The number of carbonyl (C=O) groups is 1. The number of carbonyl (C=O) groups excluding carboxylic acids is 1. The molecule has 1 aliphatic heterocycles. The Balaban J connectivity index is 1.75. The molecule has 0 spiro atoms. The zero-order chi connectivity index (χ0) is 23.2. The minimum atomic E-state index is -0.426. The maximum Gasteiger partial charge on any atom is 0.278 e. The number of hydrogen-bond acceptors (Lipinski definition) is 8. The van der Waals surface area contributed by atoms with E-state index in [1.54, 1.807) is 0 Å². The number of para-hydroxylation sites is 2. The Labute approximate surface area is 192 Å². The van der Waals surface area contributed by atoms with Crippen molar-refractivity contribution in [1.29, 1.82) is 0 Å². The van der Waals surface area contributed by atoms with Crippen LogP contribution in [0.3, 0.4) is 0 Å². The van der Waals surface area contributed by atoms with Gasteiger partial charge in [-0.25, -0.2) is 9.97 Å². The van der Waals surface area contributed by atoms with Crippen LogP contribution in [0.1, 0.15) is 23.3 Å². The van der Waals surface area contributed by atoms with Crippen molar-refractivity contribution in [2.24, 2.45) is 5.73 Å². The first-order valence-electron chi connectivity index (χ1n) is 10.9. The van der Waals surface area contributed by atoms with Gasteiger partial charge in [0.1, 0.15) is 11.5 Å². The molecule has 4 rings (SSSR count). The normalized spacial score (nSPS) is 13.8. The summed E-state index contributed by atoms with van der Waals surface area (Å²) < 4.78 is 11.9. The SMILES string of the molecule is CN1CCCOc2cc(OCCCN)cc(c2)-c2cnc(N)c(n2)C(=O)Nc2ccccc21. The van der Waals surface area contributed by atoms with Gasteiger partial charge < -0.3 is 31.2 Å². The van der Waals surface area contributed by atoms with Gasteiger partial charge in [0.2, 0.25) is 0 Å². The van der Waals surface area contributed by atoms with Crippen LogP contribution in [0.2, 0.25) is 0 Å². The van der Waals surface area contributed by atoms with Crippen LogP contribution in [0.25, 0.3) is 11.3 Å². The number of nitrogens with zero attached hydrogens (tertiary/aromatic N) is 3. The summed E-state index contributed by atoms with van der Waals surface area (Å²) in [5, 5.41) is 2.93. The predicted octanol–water partition coefficient (Wildman–Crippen LogP) is 2.92. The average molecular weight is 449 g/mol. The standard InChI is InChI=1S/C24H28N6O3/c1-30-9-5-11-33-18-13-16(12-17(14-18)32-10-4-8-25)20-15-27-23(26)22(28-20)24(31)29-19-6-2-3-7-21(19)30/h2-3,6-7,12-15H,4-5,8-11,25H2,1H3,(H2,26,27)(H,29,31). The molecule has 0 unspecified atom stereocenters. The first kappa shape index (κ1) is 22.3. The Morgan fingerprint density at radius 3 is 2.94 bits per heavy atom. The van der Waals surface area contributed by atoms with Crippen LogP contribution in [0, 0.1) is 0 Å². The highest BCUT2D eigenvalue weighted by molar-refractivity contribution is 6.07. The Kier molecular flexibility index (Phi) is 6.89. The molecule has 2 aromatic carbocycles. The number of fused-ring (bicyclic) bond motifs is 6. The van der Waals surface area contributed by atoms with Gasteiger partial charge in [-0.05, 0) is 43.7 Å². The third-order valence-electron chi connectivity index (χ3n) is 5.28. The number of amides is 1. The Bertz CT molecular complexity index is 1140. The second-order valence-electron chi connectivity index (χ2n) is 7.77. The van der Waals surface area contributed by atoms with Crippen LogP contribution in [0.5, 0.6) is 11.5 Å². The lowest BCUT2D eigenvalue weighted by Crippen LogP contribution is -2.23. The highest BCUT2D eigenvalue weighted by atomic mass is 16.5. The minimum Gasteiger partial charge on any atom is -0.493 e. The molecule has 0 radical (unpaired) electrons. The quantitative estimate of drug-likeness (QED) is 0.520. The number of benzene rings is 2. The number of ether oxygens (including phenoxy) is 2. The average Bonchev–Trinajstić information content (AvgIpc) is 2.82. The van der Waals surface area contributed by atoms with E-state index in [4.69, 9.17) is 20.9 Å². The van der Waals surface area contributed by atoms with Gasteiger partial charge in [-0.15, -0.1) is 0 Å². The Morgan fingerprint density at radius 2 is 2.09 bits per heavy atom. The van der Waals surface area contributed by atoms with E-state index in [1.807, 2.05) is 49.5 Å². The molecule has 0 fully saturated rings. The lowest BCUT2D eigenvalue weighted by Gasteiger charge is -2.22. The highest BCUT2D eigenvalue weighted by Gasteiger charge is 2.18. The molecule has 5 N–H and O–H groups in total. The molecular formula is C24H28N6O3. The third-order valence-corrected chi connectivity index (χ3v) is 5.28. The molecular weight excluding hydrogens is 420 g/mol. The van der Waals surface area contributed by atoms with Crippen LogP contribution >= 0.6 is 0 Å². The van der Waals surface area contributed by atoms with Crippen molar-refractivity contribution < 1.29 is 14.3 Å². The predicted molar refractivity (Wildman–Crippen MR) is 129 cm³/mol. The van der Waals surface area contributed by atoms with Crippen LogP contribution in [-0.2, 0) is 0 Å². The largest absolute Gasteiger partial charge is 0.493 e. The van der Waals surface area contributed by atoms with Crippen LogP contribution in [0.4, 0.5) is 17.2 Å². The van der Waals surface area contributed by atoms with E-state index in [1.165, 1.54) is 6.20 Å². The van der Waals surface area contributed by atoms with Crippen molar-refractivity contribution in [3.8, 4) is 22.8 Å². The smallest absolute Gasteiger partial charge is 0.278 e. The van der Waals surface area contributed by atoms with Gasteiger partial charge in [-0.2, -0.15) is 0 Å². The molecule has 3 aromatic rings. The summed E-state index contributed by atoms with van der Waals surface area (Å²) in [4.78, 5) is 23.9. The van der Waals surface area contributed by atoms with E-state index < -0.39 is 5.91 Å². The van der Waals surface area contributed by atoms with E-state index in [0.717, 1.165) is 25.1 Å². The second-order valence-corrected chi connectivity index (χ2v) is 7.77. The van der Waals surface area contributed by atoms with E-state index in [2.05, 4.69) is 20.2 Å². The summed E-state index contributed by atoms with van der Waals surface area (Å²) in [6.45, 7) is 2.29. The number of nitrogens with two attached hydrogens (primary N) is 2. The van der Waals surface area contributed by atoms with Gasteiger partial charge in [-0.3, -0.25) is 4.79 Å². The monoisotopic (exact) mass is 448 g/mol. The number of rotatable bonds is 4. The van der Waals surface area contributed by atoms with Gasteiger partial charge in [0.05, 0.1) is 36.5 Å². The second kappa shape index (κ2) is 10.2. The number of nitrogens with one attached hydrogen (secondary N) is 1. The molecule has 33 heavy (non-hydrogen) atoms. The van der Waals surface area contributed by atoms with Crippen molar-refractivity contribution >= 4 is 23.1 Å². The van der Waals surface area contributed by atoms with E-state index in [0.29, 0.717) is 48.2 Å². The highest BCUT2D eigenvalue weighted by Crippen LogP contribution is 2.31. The molecule has 1 amide bonds. The summed E-state index contributed by atoms with van der Waals surface area (Å²) >= 11 is 0. The fraction of sp³-hybridized carbons (Fsp3) is 0.292. The molecule has 9 heteroatoms. The fourth-order valence-corrected chi connectivity index (χ4v) is 3.57. The first-order valence-corrected chi connectivity index (χ1v) is 10.9. The van der Waals surface area contributed by atoms with Gasteiger partial charge in [0.15, 0.2) is 11.5 Å². The summed E-state index contributed by atoms with van der Waals surface area (Å²) in [5.74, 6) is 0.912. The topological polar surface area (TPSA) is 129 Å². The van der Waals surface area contributed by atoms with Gasteiger partial charge in [0.25, 0.3) is 5.91 Å². The molecule has 1 aromatic heterocycles. The van der Waals surface area contributed by atoms with E-state index in [-0.39, 0.29) is 11.5 Å². The molecule has 1 aliphatic rings. The lowest BCUT2D eigenvalue weighted by atomic mass is 10.1. The van der Waals surface area contributed by atoms with Crippen molar-refractivity contribution in [3.05, 3.63) is 54.4 Å². The molecule has 4 bridgehead atoms. The fourth-order valence-electron chi connectivity index (χ4n) is 3.57. The third kappa shape index (κ3) is 5.32. The van der Waals surface area contributed by atoms with Gasteiger partial charge in [-0.1, -0.05) is 12.1 Å². The molecule has 0 saturated carbocycles. The minimum absolute atomic E-state index is 0.0525. The molecule has 0 atom stereocenters. The summed E-state index contributed by atoms with van der Waals surface area (Å²) in [7, 11) is 1.97. The van der Waals surface area contributed by atoms with Crippen molar-refractivity contribution in [2.75, 3.05) is 49.3 Å². The molecule has 0 saturated heterocycles. The zero-order valence-electron chi connectivity index (χ0n) is 18.6. The number of anilines is 3. The van der Waals surface area contributed by atoms with Gasteiger partial charge >= 0.3 is 0 Å². The first-order chi connectivity index (χ1) is 16.0. The Morgan fingerprint density at radius 1 is 1.24 bits per heavy atom. The lowest BCUT2D eigenvalue weighted by molar-refractivity contribution is 0.102. The van der Waals surface area contributed by atoms with E-state index in [9.17, 15) is 4.79 Å². The van der Waals surface area contributed by atoms with Crippen molar-refractivity contribution in [2.45, 2.75) is 12.8 Å². The van der Waals surface area contributed by atoms with Crippen molar-refractivity contribution in [3.63, 3.8) is 0 Å². The summed E-state index contributed by atoms with van der Waals surface area (Å²) in [6, 6.07) is 13.1. The van der Waals surface area contributed by atoms with Crippen LogP contribution < -0.4 is 31.2 Å². The maximum atomic E-state index is 13.1. The molecule has 2 heterocycles. The number of hydrogen-bond donors (Lipinski definition) is 3. The number of nitrogen functional groups attached to an aromatic ring is 1. The molecule has 0 aliphatic carbocycles. The molecule has 9 nitrogen and oxygen atoms in total.